The topological polar surface area (TPSA) is 67.2 Å². The van der Waals surface area contributed by atoms with E-state index in [1.165, 1.54) is 10.9 Å². The zero-order valence-corrected chi connectivity index (χ0v) is 13.9. The number of carbonyl (C=O) groups is 1. The van der Waals surface area contributed by atoms with E-state index in [9.17, 15) is 9.59 Å². The molecule has 0 radical (unpaired) electrons. The van der Waals surface area contributed by atoms with Crippen LogP contribution in [0.3, 0.4) is 0 Å². The summed E-state index contributed by atoms with van der Waals surface area (Å²) in [7, 11) is 0. The molecule has 0 unspecified atom stereocenters. The largest absolute Gasteiger partial charge is 0.337 e. The second-order valence-electron chi connectivity index (χ2n) is 5.65. The van der Waals surface area contributed by atoms with Crippen LogP contribution in [0, 0.1) is 0 Å². The maximum atomic E-state index is 12.4. The van der Waals surface area contributed by atoms with Crippen molar-refractivity contribution in [2.45, 2.75) is 25.9 Å². The fraction of sp³-hybridized carbons (Fsp3) is 0.438. The van der Waals surface area contributed by atoms with Crippen LogP contribution >= 0.6 is 12.4 Å². The van der Waals surface area contributed by atoms with Crippen LogP contribution in [0.25, 0.3) is 10.9 Å². The number of hydrogen-bond acceptors (Lipinski definition) is 4. The van der Waals surface area contributed by atoms with Crippen LogP contribution in [0.15, 0.2) is 35.4 Å². The Kier molecular flexibility index (Phi) is 5.74. The molecule has 2 aromatic rings. The fourth-order valence-corrected chi connectivity index (χ4v) is 2.84. The first-order valence-corrected chi connectivity index (χ1v) is 7.61. The number of hydrogen-bond donors (Lipinski definition) is 1. The average Bonchev–Trinajstić information content (AvgIpc) is 2.55. The molecule has 1 aliphatic rings. The molecule has 124 valence electrons. The Labute approximate surface area is 140 Å². The molecule has 6 nitrogen and oxygen atoms in total. The molecule has 1 aliphatic heterocycles. The van der Waals surface area contributed by atoms with Crippen LogP contribution in [0.2, 0.25) is 0 Å². The summed E-state index contributed by atoms with van der Waals surface area (Å²) in [5.41, 5.74) is 0.595. The summed E-state index contributed by atoms with van der Waals surface area (Å²) in [6.07, 6.45) is 1.85. The van der Waals surface area contributed by atoms with Crippen molar-refractivity contribution in [1.29, 1.82) is 0 Å². The summed E-state index contributed by atoms with van der Waals surface area (Å²) in [4.78, 5) is 30.8. The second-order valence-corrected chi connectivity index (χ2v) is 5.65. The van der Waals surface area contributed by atoms with Crippen molar-refractivity contribution in [3.8, 4) is 0 Å². The zero-order valence-electron chi connectivity index (χ0n) is 13.1. The number of carbonyl (C=O) groups excluding carboxylic acids is 1. The third-order valence-electron chi connectivity index (χ3n) is 4.12. The molecule has 1 amide bonds. The van der Waals surface area contributed by atoms with Gasteiger partial charge in [0.15, 0.2) is 0 Å². The van der Waals surface area contributed by atoms with Gasteiger partial charge in [0, 0.05) is 38.6 Å². The maximum absolute atomic E-state index is 12.4. The van der Waals surface area contributed by atoms with Crippen molar-refractivity contribution < 1.29 is 4.79 Å². The van der Waals surface area contributed by atoms with E-state index in [0.29, 0.717) is 23.9 Å². The van der Waals surface area contributed by atoms with Crippen LogP contribution in [-0.2, 0) is 11.3 Å². The number of benzene rings is 1. The van der Waals surface area contributed by atoms with Gasteiger partial charge in [0.2, 0.25) is 5.91 Å². The van der Waals surface area contributed by atoms with Crippen molar-refractivity contribution in [2.24, 2.45) is 0 Å². The molecule has 3 rings (SSSR count). The number of amides is 1. The molecule has 1 saturated heterocycles. The van der Waals surface area contributed by atoms with Gasteiger partial charge < -0.3 is 10.2 Å². The van der Waals surface area contributed by atoms with Crippen LogP contribution in [0.5, 0.6) is 0 Å². The van der Waals surface area contributed by atoms with E-state index in [4.69, 9.17) is 0 Å². The van der Waals surface area contributed by atoms with Gasteiger partial charge in [-0.25, -0.2) is 4.98 Å². The molecule has 0 spiro atoms. The molecule has 1 atom stereocenters. The monoisotopic (exact) mass is 336 g/mol. The van der Waals surface area contributed by atoms with E-state index in [0.717, 1.165) is 19.6 Å². The van der Waals surface area contributed by atoms with Gasteiger partial charge in [0.05, 0.1) is 17.2 Å². The lowest BCUT2D eigenvalue weighted by Crippen LogP contribution is -2.52. The lowest BCUT2D eigenvalue weighted by atomic mass is 10.2. The number of aryl methyl sites for hydroxylation is 1. The molecule has 7 heteroatoms. The van der Waals surface area contributed by atoms with Crippen LogP contribution in [0.4, 0.5) is 0 Å². The van der Waals surface area contributed by atoms with Crippen molar-refractivity contribution in [3.05, 3.63) is 40.9 Å². The van der Waals surface area contributed by atoms with Gasteiger partial charge in [-0.3, -0.25) is 14.2 Å². The van der Waals surface area contributed by atoms with E-state index in [1.807, 2.05) is 30.0 Å². The molecule has 0 bridgehead atoms. The Morgan fingerprint density at radius 3 is 2.96 bits per heavy atom. The smallest absolute Gasteiger partial charge is 0.261 e. The van der Waals surface area contributed by atoms with Gasteiger partial charge in [-0.2, -0.15) is 0 Å². The van der Waals surface area contributed by atoms with Crippen molar-refractivity contribution in [2.75, 3.05) is 19.6 Å². The molecule has 1 aromatic heterocycles. The standard InChI is InChI=1S/C16H20N4O2.ClH/c1-12-10-17-7-9-20(12)15(21)6-8-19-11-18-14-5-3-2-4-13(14)16(19)22;/h2-5,11-12,17H,6-10H2,1H3;1H/t12-;/m0./s1. The number of aromatic nitrogens is 2. The molecule has 0 saturated carbocycles. The third-order valence-corrected chi connectivity index (χ3v) is 4.12. The maximum Gasteiger partial charge on any atom is 0.261 e. The Hall–Kier alpha value is -1.92. The van der Waals surface area contributed by atoms with Gasteiger partial charge in [0.1, 0.15) is 0 Å². The molecular weight excluding hydrogens is 316 g/mol. The van der Waals surface area contributed by atoms with Crippen molar-refractivity contribution in [1.82, 2.24) is 19.8 Å². The summed E-state index contributed by atoms with van der Waals surface area (Å²) < 4.78 is 1.52. The van der Waals surface area contributed by atoms with Gasteiger partial charge in [-0.05, 0) is 19.1 Å². The Morgan fingerprint density at radius 1 is 1.39 bits per heavy atom. The minimum atomic E-state index is -0.0910. The molecule has 1 N–H and O–H groups in total. The van der Waals surface area contributed by atoms with E-state index in [2.05, 4.69) is 10.3 Å². The predicted molar refractivity (Wildman–Crippen MR) is 91.9 cm³/mol. The summed E-state index contributed by atoms with van der Waals surface area (Å²) in [6, 6.07) is 7.46. The summed E-state index contributed by atoms with van der Waals surface area (Å²) in [6.45, 7) is 4.78. The third kappa shape index (κ3) is 3.71. The van der Waals surface area contributed by atoms with Gasteiger partial charge in [-0.15, -0.1) is 12.4 Å². The lowest BCUT2D eigenvalue weighted by Gasteiger charge is -2.34. The Bertz CT molecular complexity index is 746. The van der Waals surface area contributed by atoms with Crippen LogP contribution in [0.1, 0.15) is 13.3 Å². The Morgan fingerprint density at radius 2 is 2.17 bits per heavy atom. The molecule has 1 fully saturated rings. The highest BCUT2D eigenvalue weighted by molar-refractivity contribution is 5.85. The SMILES string of the molecule is C[C@H]1CNCCN1C(=O)CCn1cnc2ccccc2c1=O.Cl. The quantitative estimate of drug-likeness (QED) is 0.909. The van der Waals surface area contributed by atoms with E-state index >= 15 is 0 Å². The van der Waals surface area contributed by atoms with Crippen molar-refractivity contribution >= 4 is 29.2 Å². The Balaban J connectivity index is 0.00000192. The first kappa shape index (κ1) is 17.4. The number of fused-ring (bicyclic) bond motifs is 1. The summed E-state index contributed by atoms with van der Waals surface area (Å²) >= 11 is 0. The lowest BCUT2D eigenvalue weighted by molar-refractivity contribution is -0.134. The first-order chi connectivity index (χ1) is 10.7. The number of halogens is 1. The average molecular weight is 337 g/mol. The van der Waals surface area contributed by atoms with Gasteiger partial charge in [-0.1, -0.05) is 12.1 Å². The highest BCUT2D eigenvalue weighted by Crippen LogP contribution is 2.07. The number of nitrogens with zero attached hydrogens (tertiary/aromatic N) is 3. The fourth-order valence-electron chi connectivity index (χ4n) is 2.84. The predicted octanol–water partition coefficient (Wildman–Crippen LogP) is 1.03. The van der Waals surface area contributed by atoms with E-state index in [-0.39, 0.29) is 29.9 Å². The van der Waals surface area contributed by atoms with Crippen molar-refractivity contribution in [3.63, 3.8) is 0 Å². The number of piperazine rings is 1. The van der Waals surface area contributed by atoms with E-state index in [1.54, 1.807) is 6.07 Å². The zero-order chi connectivity index (χ0) is 15.5. The minimum absolute atomic E-state index is 0. The molecule has 2 heterocycles. The molecular formula is C16H21ClN4O2. The number of rotatable bonds is 3. The molecule has 1 aromatic carbocycles. The number of para-hydroxylation sites is 1. The van der Waals surface area contributed by atoms with Crippen LogP contribution < -0.4 is 10.9 Å². The molecule has 0 aliphatic carbocycles. The normalized spacial score (nSPS) is 17.8. The number of nitrogens with one attached hydrogen (secondary N) is 1. The summed E-state index contributed by atoms with van der Waals surface area (Å²) in [5.74, 6) is 0.0917. The van der Waals surface area contributed by atoms with E-state index < -0.39 is 0 Å². The van der Waals surface area contributed by atoms with Gasteiger partial charge in [0.25, 0.3) is 5.56 Å². The highest BCUT2D eigenvalue weighted by atomic mass is 35.5. The van der Waals surface area contributed by atoms with Gasteiger partial charge >= 0.3 is 0 Å². The summed E-state index contributed by atoms with van der Waals surface area (Å²) in [5, 5.41) is 3.85. The van der Waals surface area contributed by atoms with Crippen LogP contribution in [-0.4, -0.2) is 46.0 Å². The minimum Gasteiger partial charge on any atom is -0.337 e. The first-order valence-electron chi connectivity index (χ1n) is 7.61. The second kappa shape index (κ2) is 7.57. The highest BCUT2D eigenvalue weighted by Gasteiger charge is 2.22. The molecule has 23 heavy (non-hydrogen) atoms.